The smallest absolute Gasteiger partial charge is 0.244 e. The minimum atomic E-state index is -1.14. The lowest BCUT2D eigenvalue weighted by atomic mass is 9.70. The molecule has 0 saturated heterocycles. The predicted octanol–water partition coefficient (Wildman–Crippen LogP) is 4.96. The lowest BCUT2D eigenvalue weighted by molar-refractivity contribution is -0.118. The molecule has 0 aromatic heterocycles. The van der Waals surface area contributed by atoms with Crippen molar-refractivity contribution in [3.05, 3.63) is 89.5 Å². The van der Waals surface area contributed by atoms with Crippen molar-refractivity contribution in [3.8, 4) is 11.5 Å². The fraction of sp³-hybridized carbons (Fsp3) is 0.174. The number of benzene rings is 3. The van der Waals surface area contributed by atoms with Gasteiger partial charge in [-0.25, -0.2) is 0 Å². The summed E-state index contributed by atoms with van der Waals surface area (Å²) in [6.45, 7) is 3.88. The molecule has 0 radical (unpaired) electrons. The van der Waals surface area contributed by atoms with E-state index in [4.69, 9.17) is 4.74 Å². The Morgan fingerprint density at radius 2 is 1.67 bits per heavy atom. The highest BCUT2D eigenvalue weighted by molar-refractivity contribution is 6.11. The molecule has 140 valence electrons. The molecule has 1 aliphatic rings. The molecule has 0 bridgehead atoms. The van der Waals surface area contributed by atoms with Crippen molar-refractivity contribution in [2.24, 2.45) is 0 Å². The van der Waals surface area contributed by atoms with E-state index in [1.165, 1.54) is 0 Å². The molecule has 3 aromatic carbocycles. The predicted molar refractivity (Wildman–Crippen MR) is 109 cm³/mol. The largest absolute Gasteiger partial charge is 0.508 e. The van der Waals surface area contributed by atoms with Crippen LogP contribution in [0.4, 0.5) is 5.69 Å². The van der Waals surface area contributed by atoms with Crippen molar-refractivity contribution in [2.75, 3.05) is 5.32 Å². The van der Waals surface area contributed by atoms with Gasteiger partial charge in [0.2, 0.25) is 5.91 Å². The van der Waals surface area contributed by atoms with Crippen molar-refractivity contribution in [1.29, 1.82) is 0 Å². The Morgan fingerprint density at radius 3 is 2.41 bits per heavy atom. The van der Waals surface area contributed by atoms with Gasteiger partial charge in [-0.05, 0) is 43.7 Å². The normalized spacial score (nSPS) is 18.3. The van der Waals surface area contributed by atoms with Crippen LogP contribution in [0.3, 0.4) is 0 Å². The van der Waals surface area contributed by atoms with Gasteiger partial charge in [-0.2, -0.15) is 0 Å². The molecule has 1 aliphatic heterocycles. The topological polar surface area (TPSA) is 58.6 Å². The third-order valence-electron chi connectivity index (χ3n) is 4.87. The number of fused-ring (bicyclic) bond motifs is 1. The van der Waals surface area contributed by atoms with Gasteiger partial charge in [-0.3, -0.25) is 4.79 Å². The number of para-hydroxylation sites is 1. The fourth-order valence-electron chi connectivity index (χ4n) is 3.82. The molecule has 4 heteroatoms. The highest BCUT2D eigenvalue weighted by atomic mass is 16.5. The van der Waals surface area contributed by atoms with Crippen molar-refractivity contribution in [3.63, 3.8) is 0 Å². The van der Waals surface area contributed by atoms with Crippen LogP contribution in [0.15, 0.2) is 72.8 Å². The Kier molecular flexibility index (Phi) is 4.11. The lowest BCUT2D eigenvalue weighted by Crippen LogP contribution is -2.37. The van der Waals surface area contributed by atoms with Gasteiger partial charge in [0, 0.05) is 19.7 Å². The molecule has 3 aromatic rings. The summed E-state index contributed by atoms with van der Waals surface area (Å²) < 4.78 is 5.83. The van der Waals surface area contributed by atoms with Gasteiger partial charge in [0.1, 0.15) is 16.9 Å². The standard InChI is InChI=1S/C23H21NO3.2H2/c1-15(2)27-17-12-13-21(25)19(14-17)23(16-8-4-3-5-9-16)18-10-6-7-11-20(18)24-22(23)26;;/h3-15,25H,1-2H3,(H,24,26);2*1H. The van der Waals surface area contributed by atoms with Crippen LogP contribution < -0.4 is 10.1 Å². The quantitative estimate of drug-likeness (QED) is 0.689. The van der Waals surface area contributed by atoms with Crippen LogP contribution in [0.1, 0.15) is 33.4 Å². The zero-order chi connectivity index (χ0) is 19.0. The highest BCUT2D eigenvalue weighted by Crippen LogP contribution is 2.50. The molecule has 4 rings (SSSR count). The molecule has 1 heterocycles. The first-order chi connectivity index (χ1) is 13.0. The second kappa shape index (κ2) is 6.47. The molecule has 1 atom stereocenters. The number of rotatable bonds is 4. The molecule has 27 heavy (non-hydrogen) atoms. The van der Waals surface area contributed by atoms with Crippen LogP contribution in [0.5, 0.6) is 11.5 Å². The van der Waals surface area contributed by atoms with Gasteiger partial charge in [0.15, 0.2) is 0 Å². The summed E-state index contributed by atoms with van der Waals surface area (Å²) in [4.78, 5) is 13.4. The van der Waals surface area contributed by atoms with Crippen molar-refractivity contribution in [2.45, 2.75) is 25.4 Å². The van der Waals surface area contributed by atoms with Crippen LogP contribution in [0, 0.1) is 0 Å². The third-order valence-corrected chi connectivity index (χ3v) is 4.87. The highest BCUT2D eigenvalue weighted by Gasteiger charge is 2.51. The summed E-state index contributed by atoms with van der Waals surface area (Å²) in [5, 5.41) is 13.7. The average molecular weight is 363 g/mol. The van der Waals surface area contributed by atoms with E-state index in [0.29, 0.717) is 11.3 Å². The van der Waals surface area contributed by atoms with E-state index < -0.39 is 5.41 Å². The zero-order valence-electron chi connectivity index (χ0n) is 15.3. The van der Waals surface area contributed by atoms with E-state index in [1.807, 2.05) is 68.4 Å². The Hall–Kier alpha value is -3.27. The van der Waals surface area contributed by atoms with E-state index in [9.17, 15) is 9.90 Å². The van der Waals surface area contributed by atoms with Crippen molar-refractivity contribution >= 4 is 11.6 Å². The molecule has 0 fully saturated rings. The monoisotopic (exact) mass is 363 g/mol. The molecule has 4 nitrogen and oxygen atoms in total. The van der Waals surface area contributed by atoms with Crippen LogP contribution in [-0.4, -0.2) is 17.1 Å². The van der Waals surface area contributed by atoms with Crippen molar-refractivity contribution in [1.82, 2.24) is 0 Å². The molecule has 2 N–H and O–H groups in total. The Balaban J connectivity index is 0.00000150. The third kappa shape index (κ3) is 2.65. The van der Waals surface area contributed by atoms with Gasteiger partial charge in [0.25, 0.3) is 0 Å². The Morgan fingerprint density at radius 1 is 0.963 bits per heavy atom. The minimum Gasteiger partial charge on any atom is -0.508 e. The van der Waals surface area contributed by atoms with E-state index in [-0.39, 0.29) is 20.6 Å². The summed E-state index contributed by atoms with van der Waals surface area (Å²) in [6.07, 6.45) is -0.0141. The number of aromatic hydroxyl groups is 1. The molecule has 0 spiro atoms. The van der Waals surface area contributed by atoms with Gasteiger partial charge < -0.3 is 15.2 Å². The number of ether oxygens (including phenoxy) is 1. The number of carbonyl (C=O) groups excluding carboxylic acids is 1. The second-order valence-electron chi connectivity index (χ2n) is 6.96. The first kappa shape index (κ1) is 17.2. The van der Waals surface area contributed by atoms with Gasteiger partial charge in [-0.1, -0.05) is 48.5 Å². The fourth-order valence-corrected chi connectivity index (χ4v) is 3.82. The maximum atomic E-state index is 13.4. The molecule has 0 saturated carbocycles. The lowest BCUT2D eigenvalue weighted by Gasteiger charge is -2.30. The Bertz CT molecular complexity index is 1010. The van der Waals surface area contributed by atoms with Gasteiger partial charge in [-0.15, -0.1) is 0 Å². The summed E-state index contributed by atoms with van der Waals surface area (Å²) >= 11 is 0. The van der Waals surface area contributed by atoms with E-state index in [2.05, 4.69) is 5.32 Å². The molecular formula is C23H25NO3. The number of nitrogens with one attached hydrogen (secondary N) is 1. The van der Waals surface area contributed by atoms with Crippen molar-refractivity contribution < 1.29 is 17.5 Å². The summed E-state index contributed by atoms with van der Waals surface area (Å²) in [6, 6.07) is 22.2. The van der Waals surface area contributed by atoms with Gasteiger partial charge >= 0.3 is 0 Å². The molecule has 1 unspecified atom stereocenters. The Labute approximate surface area is 161 Å². The van der Waals surface area contributed by atoms with E-state index in [0.717, 1.165) is 16.8 Å². The summed E-state index contributed by atoms with van der Waals surface area (Å²) in [5.41, 5.74) is 1.73. The average Bonchev–Trinajstić information content (AvgIpc) is 2.96. The van der Waals surface area contributed by atoms with Gasteiger partial charge in [0.05, 0.1) is 6.10 Å². The first-order valence-electron chi connectivity index (χ1n) is 9.00. The molecular weight excluding hydrogens is 338 g/mol. The summed E-state index contributed by atoms with van der Waals surface area (Å²) in [7, 11) is 0. The first-order valence-corrected chi connectivity index (χ1v) is 9.00. The van der Waals surface area contributed by atoms with Crippen LogP contribution in [0.2, 0.25) is 0 Å². The number of phenols is 1. The summed E-state index contributed by atoms with van der Waals surface area (Å²) in [5.74, 6) is 0.485. The van der Waals surface area contributed by atoms with Crippen LogP contribution in [-0.2, 0) is 10.2 Å². The minimum absolute atomic E-state index is 0. The molecule has 0 aliphatic carbocycles. The van der Waals surface area contributed by atoms with E-state index >= 15 is 0 Å². The maximum Gasteiger partial charge on any atom is 0.244 e. The number of hydrogen-bond donors (Lipinski definition) is 2. The second-order valence-corrected chi connectivity index (χ2v) is 6.96. The number of carbonyl (C=O) groups is 1. The number of amides is 1. The zero-order valence-corrected chi connectivity index (χ0v) is 15.3. The number of hydrogen-bond acceptors (Lipinski definition) is 3. The maximum absolute atomic E-state index is 13.4. The molecule has 1 amide bonds. The van der Waals surface area contributed by atoms with Crippen LogP contribution >= 0.6 is 0 Å². The number of phenolic OH excluding ortho intramolecular Hbond substituents is 1. The van der Waals surface area contributed by atoms with E-state index in [1.54, 1.807) is 18.2 Å². The van der Waals surface area contributed by atoms with Crippen LogP contribution in [0.25, 0.3) is 0 Å². The SMILES string of the molecule is CC(C)Oc1ccc(O)c(C2(c3ccccc3)C(=O)Nc3ccccc32)c1.[HH].[HH]. The number of anilines is 1.